The average molecular weight is 357 g/mol. The number of likely N-dealkylation sites (N-methyl/N-ethyl adjacent to an activating group) is 1. The van der Waals surface area contributed by atoms with Gasteiger partial charge in [-0.2, -0.15) is 0 Å². The van der Waals surface area contributed by atoms with Crippen LogP contribution >= 0.6 is 11.6 Å². The summed E-state index contributed by atoms with van der Waals surface area (Å²) in [6.45, 7) is 13.8. The van der Waals surface area contributed by atoms with Gasteiger partial charge >= 0.3 is 0 Å². The van der Waals surface area contributed by atoms with Crippen molar-refractivity contribution in [2.45, 2.75) is 46.5 Å². The van der Waals surface area contributed by atoms with Crippen LogP contribution in [0.25, 0.3) is 0 Å². The van der Waals surface area contributed by atoms with Crippen molar-refractivity contribution in [3.05, 3.63) is 53.1 Å². The maximum Gasteiger partial charge on any atom is 0.0426 e. The Morgan fingerprint density at radius 3 is 2.40 bits per heavy atom. The Hall–Kier alpha value is -1.67. The van der Waals surface area contributed by atoms with Gasteiger partial charge < -0.3 is 10.2 Å². The van der Waals surface area contributed by atoms with Crippen LogP contribution in [0.2, 0.25) is 5.02 Å². The fraction of sp³-hybridized carbons (Fsp3) is 0.455. The lowest BCUT2D eigenvalue weighted by molar-refractivity contribution is 0.191. The molecule has 3 rings (SSSR count). The van der Waals surface area contributed by atoms with Gasteiger partial charge in [0.05, 0.1) is 0 Å². The highest BCUT2D eigenvalue weighted by atomic mass is 35.5. The quantitative estimate of drug-likeness (QED) is 0.662. The zero-order chi connectivity index (χ0) is 18.2. The molecule has 1 N–H and O–H groups in total. The lowest BCUT2D eigenvalue weighted by Gasteiger charge is -2.42. The van der Waals surface area contributed by atoms with Gasteiger partial charge in [0.2, 0.25) is 0 Å². The molecule has 0 amide bonds. The van der Waals surface area contributed by atoms with Gasteiger partial charge in [-0.15, -0.1) is 0 Å². The second kappa shape index (κ2) is 6.57. The fourth-order valence-electron chi connectivity index (χ4n) is 4.26. The van der Waals surface area contributed by atoms with Gasteiger partial charge in [0, 0.05) is 40.6 Å². The molecule has 1 unspecified atom stereocenters. The van der Waals surface area contributed by atoms with Gasteiger partial charge in [0.1, 0.15) is 0 Å². The summed E-state index contributed by atoms with van der Waals surface area (Å²) in [4.78, 5) is 2.52. The summed E-state index contributed by atoms with van der Waals surface area (Å²) in [5.41, 5.74) is 5.38. The minimum atomic E-state index is 0.171. The van der Waals surface area contributed by atoms with E-state index in [1.165, 1.54) is 11.3 Å². The molecule has 25 heavy (non-hydrogen) atoms. The molecule has 0 fully saturated rings. The highest BCUT2D eigenvalue weighted by molar-refractivity contribution is 6.30. The first-order valence-electron chi connectivity index (χ1n) is 9.23. The normalized spacial score (nSPS) is 19.8. The van der Waals surface area contributed by atoms with Crippen molar-refractivity contribution in [3.8, 4) is 0 Å². The monoisotopic (exact) mass is 356 g/mol. The lowest BCUT2D eigenvalue weighted by atomic mass is 9.62. The maximum atomic E-state index is 6.12. The Balaban J connectivity index is 2.05. The van der Waals surface area contributed by atoms with E-state index in [1.54, 1.807) is 0 Å². The molecule has 3 heteroatoms. The van der Waals surface area contributed by atoms with Crippen LogP contribution in [-0.2, 0) is 5.41 Å². The molecule has 0 bridgehead atoms. The molecular formula is C22H29ClN2. The lowest BCUT2D eigenvalue weighted by Crippen LogP contribution is -2.43. The highest BCUT2D eigenvalue weighted by Crippen LogP contribution is 2.53. The largest absolute Gasteiger partial charge is 0.371 e. The summed E-state index contributed by atoms with van der Waals surface area (Å²) in [5, 5.41) is 4.27. The average Bonchev–Trinajstić information content (AvgIpc) is 2.89. The van der Waals surface area contributed by atoms with Crippen LogP contribution in [-0.4, -0.2) is 13.1 Å². The number of fused-ring (bicyclic) bond motifs is 1. The molecule has 0 aromatic heterocycles. The summed E-state index contributed by atoms with van der Waals surface area (Å²) in [7, 11) is 0. The fourth-order valence-corrected chi connectivity index (χ4v) is 4.45. The van der Waals surface area contributed by atoms with Gasteiger partial charge in [0.15, 0.2) is 0 Å². The first-order valence-corrected chi connectivity index (χ1v) is 9.60. The van der Waals surface area contributed by atoms with Crippen LogP contribution in [0, 0.1) is 5.41 Å². The number of rotatable bonds is 4. The Morgan fingerprint density at radius 1 is 1.08 bits per heavy atom. The van der Waals surface area contributed by atoms with Gasteiger partial charge in [-0.1, -0.05) is 45.4 Å². The summed E-state index contributed by atoms with van der Waals surface area (Å²) in [6, 6.07) is 14.7. The molecule has 2 aromatic rings. The minimum Gasteiger partial charge on any atom is -0.371 e. The number of hydrogen-bond donors (Lipinski definition) is 1. The third-order valence-corrected chi connectivity index (χ3v) is 6.08. The van der Waals surface area contributed by atoms with E-state index in [-0.39, 0.29) is 10.8 Å². The summed E-state index contributed by atoms with van der Waals surface area (Å²) in [6.07, 6.45) is 1.14. The molecule has 0 spiro atoms. The molecule has 1 atom stereocenters. The van der Waals surface area contributed by atoms with E-state index in [4.69, 9.17) is 11.6 Å². The second-order valence-corrected chi connectivity index (χ2v) is 8.50. The van der Waals surface area contributed by atoms with Crippen LogP contribution in [0.15, 0.2) is 42.5 Å². The topological polar surface area (TPSA) is 15.3 Å². The number of hydrogen-bond acceptors (Lipinski definition) is 2. The summed E-state index contributed by atoms with van der Waals surface area (Å²) in [5.74, 6) is 0. The predicted octanol–water partition coefficient (Wildman–Crippen LogP) is 6.62. The number of anilines is 3. The standard InChI is InChI=1S/C22H29ClN2/c1-6-22(21(3,4)5)15-25(7-2)20-12-11-18(14-19(20)22)24-17-10-8-9-16(23)13-17/h8-14,24H,6-7,15H2,1-5H3. The van der Waals surface area contributed by atoms with Crippen LogP contribution < -0.4 is 10.2 Å². The molecule has 2 nitrogen and oxygen atoms in total. The van der Waals surface area contributed by atoms with Crippen LogP contribution in [0.1, 0.15) is 46.6 Å². The van der Waals surface area contributed by atoms with Crippen molar-refractivity contribution in [2.24, 2.45) is 5.41 Å². The number of nitrogens with one attached hydrogen (secondary N) is 1. The summed E-state index contributed by atoms with van der Waals surface area (Å²) < 4.78 is 0. The molecule has 0 radical (unpaired) electrons. The van der Waals surface area contributed by atoms with E-state index < -0.39 is 0 Å². The SMILES string of the molecule is CCN1CC(CC)(C(C)(C)C)c2cc(Nc3cccc(Cl)c3)ccc21. The molecule has 1 aliphatic rings. The van der Waals surface area contributed by atoms with E-state index in [2.05, 4.69) is 63.0 Å². The molecule has 2 aromatic carbocycles. The van der Waals surface area contributed by atoms with Gasteiger partial charge in [-0.3, -0.25) is 0 Å². The number of nitrogens with zero attached hydrogens (tertiary/aromatic N) is 1. The first kappa shape index (κ1) is 18.1. The van der Waals surface area contributed by atoms with E-state index in [9.17, 15) is 0 Å². The van der Waals surface area contributed by atoms with Crippen LogP contribution in [0.5, 0.6) is 0 Å². The van der Waals surface area contributed by atoms with E-state index in [0.29, 0.717) is 0 Å². The molecule has 134 valence electrons. The molecular weight excluding hydrogens is 328 g/mol. The predicted molar refractivity (Wildman–Crippen MR) is 110 cm³/mol. The van der Waals surface area contributed by atoms with Crippen molar-refractivity contribution in [1.82, 2.24) is 0 Å². The van der Waals surface area contributed by atoms with Crippen molar-refractivity contribution in [2.75, 3.05) is 23.3 Å². The van der Waals surface area contributed by atoms with E-state index >= 15 is 0 Å². The third kappa shape index (κ3) is 3.13. The Morgan fingerprint density at radius 2 is 1.80 bits per heavy atom. The minimum absolute atomic E-state index is 0.171. The van der Waals surface area contributed by atoms with Crippen molar-refractivity contribution < 1.29 is 0 Å². The Bertz CT molecular complexity index is 763. The van der Waals surface area contributed by atoms with E-state index in [1.807, 2.05) is 24.3 Å². The van der Waals surface area contributed by atoms with E-state index in [0.717, 1.165) is 35.9 Å². The number of halogens is 1. The zero-order valence-corrected chi connectivity index (χ0v) is 16.7. The molecule has 0 saturated carbocycles. The molecule has 1 heterocycles. The van der Waals surface area contributed by atoms with Crippen molar-refractivity contribution in [1.29, 1.82) is 0 Å². The highest BCUT2D eigenvalue weighted by Gasteiger charge is 2.48. The maximum absolute atomic E-state index is 6.12. The summed E-state index contributed by atoms with van der Waals surface area (Å²) >= 11 is 6.12. The number of benzene rings is 2. The van der Waals surface area contributed by atoms with Crippen molar-refractivity contribution >= 4 is 28.7 Å². The van der Waals surface area contributed by atoms with Crippen LogP contribution in [0.3, 0.4) is 0 Å². The zero-order valence-electron chi connectivity index (χ0n) is 16.0. The van der Waals surface area contributed by atoms with Gasteiger partial charge in [-0.05, 0) is 60.7 Å². The second-order valence-electron chi connectivity index (χ2n) is 8.07. The Labute approximate surface area is 157 Å². The first-order chi connectivity index (χ1) is 11.8. The molecule has 0 saturated heterocycles. The van der Waals surface area contributed by atoms with Crippen molar-refractivity contribution in [3.63, 3.8) is 0 Å². The molecule has 1 aliphatic heterocycles. The smallest absolute Gasteiger partial charge is 0.0426 e. The van der Waals surface area contributed by atoms with Gasteiger partial charge in [0.25, 0.3) is 0 Å². The Kier molecular flexibility index (Phi) is 4.76. The van der Waals surface area contributed by atoms with Gasteiger partial charge in [-0.25, -0.2) is 0 Å². The third-order valence-electron chi connectivity index (χ3n) is 5.85. The van der Waals surface area contributed by atoms with Crippen LogP contribution in [0.4, 0.5) is 17.1 Å². The molecule has 0 aliphatic carbocycles.